The molecule has 2 heterocycles. The van der Waals surface area contributed by atoms with Gasteiger partial charge in [0, 0.05) is 25.3 Å². The summed E-state index contributed by atoms with van der Waals surface area (Å²) in [5.41, 5.74) is 0. The zero-order chi connectivity index (χ0) is 13.0. The van der Waals surface area contributed by atoms with Crippen molar-refractivity contribution in [3.63, 3.8) is 0 Å². The van der Waals surface area contributed by atoms with Crippen molar-refractivity contribution in [3.05, 3.63) is 17.3 Å². The van der Waals surface area contributed by atoms with Crippen molar-refractivity contribution in [2.75, 3.05) is 18.5 Å². The van der Waals surface area contributed by atoms with E-state index in [4.69, 9.17) is 31.0 Å². The largest absolute Gasteiger partial charge is 0.707 e. The van der Waals surface area contributed by atoms with E-state index in [-0.39, 0.29) is 10.8 Å². The number of ether oxygens (including phenoxy) is 1. The number of nitrogens with one attached hydrogen (secondary N) is 1. The monoisotopic (exact) mass is 272 g/mol. The molecule has 18 heavy (non-hydrogen) atoms. The lowest BCUT2D eigenvalue weighted by atomic mass is 10.1. The maximum Gasteiger partial charge on any atom is 0.707 e. The summed E-state index contributed by atoms with van der Waals surface area (Å²) >= 11 is 5.83. The van der Waals surface area contributed by atoms with Crippen molar-refractivity contribution in [1.82, 2.24) is 4.98 Å². The fourth-order valence-corrected chi connectivity index (χ4v) is 1.90. The van der Waals surface area contributed by atoms with Crippen LogP contribution in [0.1, 0.15) is 12.8 Å². The lowest BCUT2D eigenvalue weighted by Crippen LogP contribution is -2.28. The van der Waals surface area contributed by atoms with E-state index < -0.39 is 7.32 Å². The van der Waals surface area contributed by atoms with Gasteiger partial charge in [-0.1, -0.05) is 11.6 Å². The molecule has 0 saturated carbocycles. The first-order chi connectivity index (χ1) is 8.65. The second-order valence-corrected chi connectivity index (χ2v) is 4.38. The first-order valence-corrected chi connectivity index (χ1v) is 6.05. The summed E-state index contributed by atoms with van der Waals surface area (Å²) in [5, 5.41) is 21.0. The van der Waals surface area contributed by atoms with Gasteiger partial charge in [0.2, 0.25) is 0 Å². The smallest absolute Gasteiger partial charge is 0.511 e. The third kappa shape index (κ3) is 3.74. The van der Waals surface area contributed by atoms with Gasteiger partial charge in [0.25, 0.3) is 0 Å². The van der Waals surface area contributed by atoms with Gasteiger partial charge in [-0.2, -0.15) is 0 Å². The topological polar surface area (TPSA) is 83.8 Å². The van der Waals surface area contributed by atoms with E-state index in [2.05, 4.69) is 10.3 Å². The van der Waals surface area contributed by atoms with Crippen molar-refractivity contribution >= 4 is 24.7 Å². The van der Waals surface area contributed by atoms with E-state index in [1.807, 2.05) is 0 Å². The highest BCUT2D eigenvalue weighted by atomic mass is 35.5. The van der Waals surface area contributed by atoms with Crippen molar-refractivity contribution in [1.29, 1.82) is 0 Å². The molecule has 6 nitrogen and oxygen atoms in total. The van der Waals surface area contributed by atoms with Crippen molar-refractivity contribution in [2.45, 2.75) is 18.9 Å². The zero-order valence-corrected chi connectivity index (χ0v) is 10.4. The second-order valence-electron chi connectivity index (χ2n) is 3.98. The van der Waals surface area contributed by atoms with Gasteiger partial charge in [0.1, 0.15) is 11.6 Å². The third-order valence-corrected chi connectivity index (χ3v) is 2.91. The zero-order valence-electron chi connectivity index (χ0n) is 9.67. The Bertz CT molecular complexity index is 401. The number of aromatic nitrogens is 1. The molecule has 0 aromatic carbocycles. The Kier molecular flexibility index (Phi) is 4.65. The standard InChI is InChI=1S/C10H14BClN2O4/c12-8-6-13-10(5-9(8)18-11(15)16)14-7-1-3-17-4-2-7/h5-7,15-16H,1-4H2,(H,13,14). The highest BCUT2D eigenvalue weighted by Crippen LogP contribution is 2.26. The molecule has 1 aromatic heterocycles. The summed E-state index contributed by atoms with van der Waals surface area (Å²) in [6.45, 7) is 1.45. The van der Waals surface area contributed by atoms with Gasteiger partial charge in [-0.25, -0.2) is 4.98 Å². The molecule has 2 rings (SSSR count). The van der Waals surface area contributed by atoms with Gasteiger partial charge in [0.05, 0.1) is 11.2 Å². The average Bonchev–Trinajstić information content (AvgIpc) is 2.34. The van der Waals surface area contributed by atoms with Crippen LogP contribution in [0.15, 0.2) is 12.3 Å². The van der Waals surface area contributed by atoms with Crippen LogP contribution in [0.3, 0.4) is 0 Å². The summed E-state index contributed by atoms with van der Waals surface area (Å²) in [7, 11) is -1.90. The lowest BCUT2D eigenvalue weighted by molar-refractivity contribution is 0.0904. The summed E-state index contributed by atoms with van der Waals surface area (Å²) in [6.07, 6.45) is 3.22. The SMILES string of the molecule is OB(O)Oc1cc(NC2CCOCC2)ncc1Cl. The molecule has 98 valence electrons. The molecule has 8 heteroatoms. The number of rotatable bonds is 4. The Hall–Kier alpha value is -1.02. The molecule has 3 N–H and O–H groups in total. The highest BCUT2D eigenvalue weighted by molar-refractivity contribution is 6.36. The number of pyridine rings is 1. The Balaban J connectivity index is 2.03. The Labute approximate surface area is 110 Å². The quantitative estimate of drug-likeness (QED) is 0.699. The molecule has 0 atom stereocenters. The fourth-order valence-electron chi connectivity index (χ4n) is 1.75. The van der Waals surface area contributed by atoms with E-state index >= 15 is 0 Å². The molecule has 0 radical (unpaired) electrons. The van der Waals surface area contributed by atoms with Crippen LogP contribution in [0.4, 0.5) is 5.82 Å². The number of halogens is 1. The van der Waals surface area contributed by atoms with Crippen LogP contribution in [-0.4, -0.2) is 41.6 Å². The van der Waals surface area contributed by atoms with Crippen LogP contribution in [0.25, 0.3) is 0 Å². The molecule has 1 fully saturated rings. The van der Waals surface area contributed by atoms with E-state index in [0.29, 0.717) is 11.9 Å². The molecule has 1 saturated heterocycles. The Morgan fingerprint density at radius 1 is 1.44 bits per heavy atom. The molecule has 0 aliphatic carbocycles. The second kappa shape index (κ2) is 6.24. The Morgan fingerprint density at radius 3 is 2.83 bits per heavy atom. The molecule has 0 amide bonds. The predicted molar refractivity (Wildman–Crippen MR) is 67.5 cm³/mol. The predicted octanol–water partition coefficient (Wildman–Crippen LogP) is 0.674. The van der Waals surface area contributed by atoms with Crippen LogP contribution in [-0.2, 0) is 4.74 Å². The van der Waals surface area contributed by atoms with E-state index in [0.717, 1.165) is 26.1 Å². The third-order valence-electron chi connectivity index (χ3n) is 2.63. The molecular weight excluding hydrogens is 258 g/mol. The van der Waals surface area contributed by atoms with Gasteiger partial charge < -0.3 is 24.8 Å². The lowest BCUT2D eigenvalue weighted by Gasteiger charge is -2.23. The molecule has 1 aliphatic rings. The Morgan fingerprint density at radius 2 is 2.17 bits per heavy atom. The number of hydrogen-bond acceptors (Lipinski definition) is 6. The van der Waals surface area contributed by atoms with E-state index in [1.165, 1.54) is 12.3 Å². The summed E-state index contributed by atoms with van der Waals surface area (Å²) in [5.74, 6) is 0.762. The summed E-state index contributed by atoms with van der Waals surface area (Å²) in [4.78, 5) is 4.11. The van der Waals surface area contributed by atoms with Gasteiger partial charge in [-0.3, -0.25) is 0 Å². The number of nitrogens with zero attached hydrogens (tertiary/aromatic N) is 1. The first-order valence-electron chi connectivity index (χ1n) is 5.68. The van der Waals surface area contributed by atoms with Gasteiger partial charge in [-0.15, -0.1) is 0 Å². The van der Waals surface area contributed by atoms with Crippen LogP contribution >= 0.6 is 11.6 Å². The van der Waals surface area contributed by atoms with E-state index in [9.17, 15) is 0 Å². The van der Waals surface area contributed by atoms with Crippen LogP contribution in [0.5, 0.6) is 5.75 Å². The fraction of sp³-hybridized carbons (Fsp3) is 0.500. The minimum Gasteiger partial charge on any atom is -0.511 e. The van der Waals surface area contributed by atoms with Crippen LogP contribution in [0, 0.1) is 0 Å². The van der Waals surface area contributed by atoms with Crippen molar-refractivity contribution in [3.8, 4) is 5.75 Å². The van der Waals surface area contributed by atoms with Crippen LogP contribution < -0.4 is 9.97 Å². The minimum absolute atomic E-state index is 0.177. The number of hydrogen-bond donors (Lipinski definition) is 3. The van der Waals surface area contributed by atoms with Crippen LogP contribution in [0.2, 0.25) is 5.02 Å². The minimum atomic E-state index is -1.90. The van der Waals surface area contributed by atoms with Gasteiger partial charge in [-0.05, 0) is 12.8 Å². The maximum absolute atomic E-state index is 8.76. The summed E-state index contributed by atoms with van der Waals surface area (Å²) in [6, 6.07) is 1.83. The van der Waals surface area contributed by atoms with Crippen molar-refractivity contribution in [2.24, 2.45) is 0 Å². The molecule has 1 aliphatic heterocycles. The maximum atomic E-state index is 8.76. The normalized spacial score (nSPS) is 16.4. The van der Waals surface area contributed by atoms with Gasteiger partial charge in [0.15, 0.2) is 0 Å². The van der Waals surface area contributed by atoms with Gasteiger partial charge >= 0.3 is 7.32 Å². The molecular formula is C10H14BClN2O4. The van der Waals surface area contributed by atoms with Crippen molar-refractivity contribution < 1.29 is 19.4 Å². The first kappa shape index (κ1) is 13.4. The summed E-state index contributed by atoms with van der Waals surface area (Å²) < 4.78 is 10.0. The molecule has 1 aromatic rings. The molecule has 0 bridgehead atoms. The molecule has 0 unspecified atom stereocenters. The average molecular weight is 272 g/mol. The highest BCUT2D eigenvalue weighted by Gasteiger charge is 2.17. The molecule has 0 spiro atoms. The van der Waals surface area contributed by atoms with E-state index in [1.54, 1.807) is 0 Å². The number of anilines is 1.